The van der Waals surface area contributed by atoms with Crippen molar-refractivity contribution in [3.63, 3.8) is 0 Å². The maximum Gasteiger partial charge on any atom is 0.0787 e. The van der Waals surface area contributed by atoms with Gasteiger partial charge in [-0.25, -0.2) is 0 Å². The minimum absolute atomic E-state index is 0.346. The highest BCUT2D eigenvalue weighted by Crippen LogP contribution is 2.21. The van der Waals surface area contributed by atoms with E-state index >= 15 is 0 Å². The van der Waals surface area contributed by atoms with Gasteiger partial charge in [0.2, 0.25) is 0 Å². The SMILES string of the molecule is CC1=CCCCC1OCc1ccccc1. The van der Waals surface area contributed by atoms with Gasteiger partial charge in [-0.05, 0) is 37.3 Å². The third-order valence-electron chi connectivity index (χ3n) is 2.94. The molecule has 0 aliphatic heterocycles. The molecule has 0 saturated heterocycles. The molecule has 1 atom stereocenters. The molecular formula is C14H18O. The van der Waals surface area contributed by atoms with Crippen LogP contribution < -0.4 is 0 Å². The second-order valence-corrected chi connectivity index (χ2v) is 4.16. The van der Waals surface area contributed by atoms with E-state index in [1.807, 2.05) is 6.07 Å². The molecular weight excluding hydrogens is 184 g/mol. The van der Waals surface area contributed by atoms with E-state index < -0.39 is 0 Å². The molecule has 2 rings (SSSR count). The number of rotatable bonds is 3. The van der Waals surface area contributed by atoms with Gasteiger partial charge in [0.15, 0.2) is 0 Å². The summed E-state index contributed by atoms with van der Waals surface area (Å²) in [7, 11) is 0. The van der Waals surface area contributed by atoms with Crippen molar-refractivity contribution in [2.45, 2.75) is 38.9 Å². The van der Waals surface area contributed by atoms with Gasteiger partial charge >= 0.3 is 0 Å². The van der Waals surface area contributed by atoms with Crippen LogP contribution in [0.1, 0.15) is 31.7 Å². The maximum absolute atomic E-state index is 5.91. The first-order valence-corrected chi connectivity index (χ1v) is 5.68. The summed E-state index contributed by atoms with van der Waals surface area (Å²) < 4.78 is 5.91. The summed E-state index contributed by atoms with van der Waals surface area (Å²) in [6, 6.07) is 10.4. The number of ether oxygens (including phenoxy) is 1. The van der Waals surface area contributed by atoms with Crippen molar-refractivity contribution < 1.29 is 4.74 Å². The Bertz CT molecular complexity index is 326. The Morgan fingerprint density at radius 3 is 2.80 bits per heavy atom. The van der Waals surface area contributed by atoms with Crippen molar-refractivity contribution in [2.75, 3.05) is 0 Å². The molecule has 0 bridgehead atoms. The van der Waals surface area contributed by atoms with Crippen LogP contribution in [0, 0.1) is 0 Å². The van der Waals surface area contributed by atoms with E-state index in [1.165, 1.54) is 30.4 Å². The highest BCUT2D eigenvalue weighted by molar-refractivity contribution is 5.14. The van der Waals surface area contributed by atoms with Crippen molar-refractivity contribution in [2.24, 2.45) is 0 Å². The van der Waals surface area contributed by atoms with Crippen LogP contribution in [0.3, 0.4) is 0 Å². The van der Waals surface area contributed by atoms with Gasteiger partial charge in [-0.1, -0.05) is 36.4 Å². The van der Waals surface area contributed by atoms with Crippen LogP contribution in [-0.4, -0.2) is 6.10 Å². The van der Waals surface area contributed by atoms with Crippen LogP contribution in [0.15, 0.2) is 42.0 Å². The molecule has 0 aromatic heterocycles. The summed E-state index contributed by atoms with van der Waals surface area (Å²) in [4.78, 5) is 0. The van der Waals surface area contributed by atoms with Gasteiger partial charge in [0.05, 0.1) is 12.7 Å². The van der Waals surface area contributed by atoms with Crippen LogP contribution in [0.5, 0.6) is 0 Å². The molecule has 1 nitrogen and oxygen atoms in total. The smallest absolute Gasteiger partial charge is 0.0787 e. The summed E-state index contributed by atoms with van der Waals surface area (Å²) in [5, 5.41) is 0. The summed E-state index contributed by atoms with van der Waals surface area (Å²) >= 11 is 0. The molecule has 0 heterocycles. The number of hydrogen-bond donors (Lipinski definition) is 0. The van der Waals surface area contributed by atoms with Crippen LogP contribution in [0.2, 0.25) is 0 Å². The lowest BCUT2D eigenvalue weighted by atomic mass is 9.98. The fourth-order valence-corrected chi connectivity index (χ4v) is 1.98. The highest BCUT2D eigenvalue weighted by atomic mass is 16.5. The lowest BCUT2D eigenvalue weighted by molar-refractivity contribution is 0.0545. The molecule has 1 aromatic carbocycles. The average Bonchev–Trinajstić information content (AvgIpc) is 2.29. The van der Waals surface area contributed by atoms with E-state index in [0.29, 0.717) is 6.10 Å². The largest absolute Gasteiger partial charge is 0.369 e. The van der Waals surface area contributed by atoms with Gasteiger partial charge in [-0.3, -0.25) is 0 Å². The van der Waals surface area contributed by atoms with Crippen molar-refractivity contribution in [3.8, 4) is 0 Å². The number of hydrogen-bond acceptors (Lipinski definition) is 1. The average molecular weight is 202 g/mol. The molecule has 1 aromatic rings. The predicted octanol–water partition coefficient (Wildman–Crippen LogP) is 3.70. The van der Waals surface area contributed by atoms with Crippen LogP contribution in [-0.2, 0) is 11.3 Å². The first kappa shape index (κ1) is 10.4. The molecule has 0 radical (unpaired) electrons. The molecule has 80 valence electrons. The number of allylic oxidation sites excluding steroid dienone is 1. The van der Waals surface area contributed by atoms with E-state index in [9.17, 15) is 0 Å². The molecule has 1 aliphatic carbocycles. The van der Waals surface area contributed by atoms with Gasteiger partial charge in [-0.2, -0.15) is 0 Å². The van der Waals surface area contributed by atoms with Crippen molar-refractivity contribution >= 4 is 0 Å². The molecule has 0 amide bonds. The van der Waals surface area contributed by atoms with Crippen LogP contribution in [0.4, 0.5) is 0 Å². The van der Waals surface area contributed by atoms with Crippen LogP contribution in [0.25, 0.3) is 0 Å². The zero-order valence-corrected chi connectivity index (χ0v) is 9.28. The summed E-state index contributed by atoms with van der Waals surface area (Å²) in [5.41, 5.74) is 2.66. The van der Waals surface area contributed by atoms with Gasteiger partial charge < -0.3 is 4.74 Å². The van der Waals surface area contributed by atoms with Gasteiger partial charge in [0.1, 0.15) is 0 Å². The third-order valence-corrected chi connectivity index (χ3v) is 2.94. The highest BCUT2D eigenvalue weighted by Gasteiger charge is 2.14. The van der Waals surface area contributed by atoms with E-state index in [1.54, 1.807) is 0 Å². The fourth-order valence-electron chi connectivity index (χ4n) is 1.98. The molecule has 1 aliphatic rings. The monoisotopic (exact) mass is 202 g/mol. The zero-order valence-electron chi connectivity index (χ0n) is 9.28. The predicted molar refractivity (Wildman–Crippen MR) is 62.6 cm³/mol. The van der Waals surface area contributed by atoms with Gasteiger partial charge in [0.25, 0.3) is 0 Å². The molecule has 0 spiro atoms. The van der Waals surface area contributed by atoms with Crippen molar-refractivity contribution in [1.82, 2.24) is 0 Å². The normalized spacial score (nSPS) is 21.1. The molecule has 0 saturated carbocycles. The fraction of sp³-hybridized carbons (Fsp3) is 0.429. The summed E-state index contributed by atoms with van der Waals surface area (Å²) in [6.07, 6.45) is 6.31. The lowest BCUT2D eigenvalue weighted by Crippen LogP contribution is -2.17. The minimum atomic E-state index is 0.346. The lowest BCUT2D eigenvalue weighted by Gasteiger charge is -2.22. The standard InChI is InChI=1S/C14H18O/c1-12-7-5-6-10-14(12)15-11-13-8-3-2-4-9-13/h2-4,7-9,14H,5-6,10-11H2,1H3. The Balaban J connectivity index is 1.88. The summed E-state index contributed by atoms with van der Waals surface area (Å²) in [6.45, 7) is 2.91. The van der Waals surface area contributed by atoms with E-state index in [2.05, 4.69) is 37.3 Å². The van der Waals surface area contributed by atoms with E-state index in [-0.39, 0.29) is 0 Å². The Labute approximate surface area is 91.8 Å². The molecule has 0 N–H and O–H groups in total. The Morgan fingerprint density at radius 2 is 2.07 bits per heavy atom. The van der Waals surface area contributed by atoms with Crippen molar-refractivity contribution in [1.29, 1.82) is 0 Å². The minimum Gasteiger partial charge on any atom is -0.369 e. The molecule has 0 fully saturated rings. The first-order valence-electron chi connectivity index (χ1n) is 5.68. The quantitative estimate of drug-likeness (QED) is 0.679. The third kappa shape index (κ3) is 2.93. The Kier molecular flexibility index (Phi) is 3.57. The van der Waals surface area contributed by atoms with Crippen molar-refractivity contribution in [3.05, 3.63) is 47.5 Å². The zero-order chi connectivity index (χ0) is 10.5. The van der Waals surface area contributed by atoms with E-state index in [0.717, 1.165) is 6.61 Å². The summed E-state index contributed by atoms with van der Waals surface area (Å²) in [5.74, 6) is 0. The van der Waals surface area contributed by atoms with Gasteiger partial charge in [-0.15, -0.1) is 0 Å². The second kappa shape index (κ2) is 5.13. The first-order chi connectivity index (χ1) is 7.36. The Morgan fingerprint density at radius 1 is 1.27 bits per heavy atom. The van der Waals surface area contributed by atoms with E-state index in [4.69, 9.17) is 4.74 Å². The van der Waals surface area contributed by atoms with Crippen LogP contribution >= 0.6 is 0 Å². The molecule has 1 heteroatoms. The molecule has 15 heavy (non-hydrogen) atoms. The maximum atomic E-state index is 5.91. The molecule has 1 unspecified atom stereocenters. The number of benzene rings is 1. The van der Waals surface area contributed by atoms with Gasteiger partial charge in [0, 0.05) is 0 Å². The second-order valence-electron chi connectivity index (χ2n) is 4.16. The Hall–Kier alpha value is -1.08. The topological polar surface area (TPSA) is 9.23 Å².